The van der Waals surface area contributed by atoms with Crippen molar-refractivity contribution in [3.05, 3.63) is 41.6 Å². The molecule has 0 unspecified atom stereocenters. The number of nitrogens with zero attached hydrogens (tertiary/aromatic N) is 2. The fourth-order valence-electron chi connectivity index (χ4n) is 2.62. The Kier molecular flexibility index (Phi) is 3.47. The van der Waals surface area contributed by atoms with E-state index in [9.17, 15) is 10.1 Å². The molecular formula is C17H16N7O+. The van der Waals surface area contributed by atoms with Crippen molar-refractivity contribution in [3.63, 3.8) is 0 Å². The van der Waals surface area contributed by atoms with E-state index in [2.05, 4.69) is 31.7 Å². The van der Waals surface area contributed by atoms with Gasteiger partial charge in [0.15, 0.2) is 0 Å². The molecule has 1 aliphatic rings. The third-order valence-electron chi connectivity index (χ3n) is 4.05. The fraction of sp³-hybridized carbons (Fsp3) is 0.176. The lowest BCUT2D eigenvalue weighted by atomic mass is 10.2. The first-order valence-electron chi connectivity index (χ1n) is 7.92. The molecule has 1 aliphatic carbocycles. The Bertz CT molecular complexity index is 996. The van der Waals surface area contributed by atoms with Crippen LogP contribution in [0.1, 0.15) is 28.8 Å². The third-order valence-corrected chi connectivity index (χ3v) is 4.05. The van der Waals surface area contributed by atoms with Crippen molar-refractivity contribution in [1.82, 2.24) is 9.97 Å². The van der Waals surface area contributed by atoms with Gasteiger partial charge < -0.3 is 16.0 Å². The highest BCUT2D eigenvalue weighted by Crippen LogP contribution is 2.29. The van der Waals surface area contributed by atoms with E-state index in [-0.39, 0.29) is 0 Å². The average Bonchev–Trinajstić information content (AvgIpc) is 3.32. The SMILES string of the molecule is N#Cc1c[nH]c2nc(Nc3ccc(C(N)=O)cc3)[nH+]c(NC3CC3)c12. The number of rotatable bonds is 5. The highest BCUT2D eigenvalue weighted by molar-refractivity contribution is 5.93. The molecule has 2 heterocycles. The highest BCUT2D eigenvalue weighted by Gasteiger charge is 2.27. The fourth-order valence-corrected chi connectivity index (χ4v) is 2.62. The van der Waals surface area contributed by atoms with E-state index in [1.807, 2.05) is 0 Å². The lowest BCUT2D eigenvalue weighted by Gasteiger charge is -2.05. The molecule has 3 aromatic rings. The maximum Gasteiger partial charge on any atom is 0.351 e. The molecule has 2 aromatic heterocycles. The first kappa shape index (κ1) is 15.0. The number of nitrogens with two attached hydrogens (primary N) is 1. The molecule has 0 spiro atoms. The summed E-state index contributed by atoms with van der Waals surface area (Å²) in [4.78, 5) is 21.9. The minimum atomic E-state index is -0.469. The smallest absolute Gasteiger partial charge is 0.351 e. The Morgan fingerprint density at radius 1 is 1.36 bits per heavy atom. The van der Waals surface area contributed by atoms with E-state index in [4.69, 9.17) is 5.73 Å². The molecule has 8 heteroatoms. The second-order valence-electron chi connectivity index (χ2n) is 5.98. The zero-order valence-corrected chi connectivity index (χ0v) is 13.3. The van der Waals surface area contributed by atoms with Crippen LogP contribution in [0.2, 0.25) is 0 Å². The van der Waals surface area contributed by atoms with Crippen LogP contribution < -0.4 is 21.4 Å². The van der Waals surface area contributed by atoms with Crippen molar-refractivity contribution in [1.29, 1.82) is 5.26 Å². The summed E-state index contributed by atoms with van der Waals surface area (Å²) in [5, 5.41) is 16.6. The van der Waals surface area contributed by atoms with Gasteiger partial charge in [-0.1, -0.05) is 4.98 Å². The summed E-state index contributed by atoms with van der Waals surface area (Å²) in [5.74, 6) is 0.819. The normalized spacial score (nSPS) is 13.4. The largest absolute Gasteiger partial charge is 0.366 e. The molecule has 1 aromatic carbocycles. The Hall–Kier alpha value is -3.60. The van der Waals surface area contributed by atoms with E-state index >= 15 is 0 Å². The number of hydrogen-bond acceptors (Lipinski definition) is 5. The number of aromatic amines is 2. The number of nitrogens with one attached hydrogen (secondary N) is 4. The number of benzene rings is 1. The molecule has 0 saturated heterocycles. The number of fused-ring (bicyclic) bond motifs is 1. The molecule has 0 aliphatic heterocycles. The van der Waals surface area contributed by atoms with E-state index in [1.165, 1.54) is 0 Å². The van der Waals surface area contributed by atoms with Gasteiger partial charge in [0.1, 0.15) is 11.5 Å². The number of H-pyrrole nitrogens is 2. The van der Waals surface area contributed by atoms with Crippen LogP contribution in [0.15, 0.2) is 30.5 Å². The highest BCUT2D eigenvalue weighted by atomic mass is 16.1. The zero-order valence-electron chi connectivity index (χ0n) is 13.3. The van der Waals surface area contributed by atoms with Crippen molar-refractivity contribution in [2.45, 2.75) is 18.9 Å². The predicted molar refractivity (Wildman–Crippen MR) is 92.3 cm³/mol. The van der Waals surface area contributed by atoms with Crippen LogP contribution in [0.3, 0.4) is 0 Å². The monoisotopic (exact) mass is 334 g/mol. The molecule has 4 rings (SSSR count). The number of amides is 1. The van der Waals surface area contributed by atoms with Gasteiger partial charge in [-0.05, 0) is 37.1 Å². The third kappa shape index (κ3) is 2.95. The lowest BCUT2D eigenvalue weighted by Crippen LogP contribution is -2.20. The molecule has 8 nitrogen and oxygen atoms in total. The van der Waals surface area contributed by atoms with Crippen LogP contribution in [0, 0.1) is 11.3 Å². The van der Waals surface area contributed by atoms with Crippen molar-refractivity contribution in [2.24, 2.45) is 5.73 Å². The van der Waals surface area contributed by atoms with Gasteiger partial charge in [0.2, 0.25) is 17.4 Å². The number of primary amides is 1. The summed E-state index contributed by atoms with van der Waals surface area (Å²) in [7, 11) is 0. The summed E-state index contributed by atoms with van der Waals surface area (Å²) < 4.78 is 0. The van der Waals surface area contributed by atoms with Gasteiger partial charge in [-0.15, -0.1) is 0 Å². The van der Waals surface area contributed by atoms with E-state index < -0.39 is 5.91 Å². The molecule has 0 atom stereocenters. The van der Waals surface area contributed by atoms with Crippen LogP contribution in [0.25, 0.3) is 11.0 Å². The Labute approximate surface area is 143 Å². The minimum absolute atomic E-state index is 0.422. The number of carbonyl (C=O) groups is 1. The van der Waals surface area contributed by atoms with Crippen LogP contribution in [0.4, 0.5) is 17.5 Å². The van der Waals surface area contributed by atoms with Crippen LogP contribution in [-0.2, 0) is 0 Å². The van der Waals surface area contributed by atoms with E-state index in [0.29, 0.717) is 28.8 Å². The summed E-state index contributed by atoms with van der Waals surface area (Å²) >= 11 is 0. The number of aromatic nitrogens is 3. The topological polar surface area (TPSA) is 134 Å². The van der Waals surface area contributed by atoms with Gasteiger partial charge in [0.25, 0.3) is 0 Å². The van der Waals surface area contributed by atoms with Crippen LogP contribution in [-0.4, -0.2) is 21.9 Å². The minimum Gasteiger partial charge on any atom is -0.366 e. The standard InChI is InChI=1S/C17H15N7O/c18-7-10-8-20-15-13(10)16(21-11-5-6-11)24-17(23-15)22-12-3-1-9(2-4-12)14(19)25/h1-4,8,11H,5-6H2,(H2,19,25)(H3,20,21,22,23,24)/p+1. The molecule has 6 N–H and O–H groups in total. The quantitative estimate of drug-likeness (QED) is 0.563. The van der Waals surface area contributed by atoms with Gasteiger partial charge >= 0.3 is 5.95 Å². The van der Waals surface area contributed by atoms with Crippen LogP contribution in [0.5, 0.6) is 0 Å². The summed E-state index contributed by atoms with van der Waals surface area (Å²) in [6.07, 6.45) is 3.87. The predicted octanol–water partition coefficient (Wildman–Crippen LogP) is 1.67. The molecule has 25 heavy (non-hydrogen) atoms. The second-order valence-corrected chi connectivity index (χ2v) is 5.98. The molecular weight excluding hydrogens is 318 g/mol. The first-order chi connectivity index (χ1) is 12.1. The molecule has 1 saturated carbocycles. The molecule has 0 bridgehead atoms. The molecule has 1 fully saturated rings. The van der Waals surface area contributed by atoms with Crippen LogP contribution >= 0.6 is 0 Å². The summed E-state index contributed by atoms with van der Waals surface area (Å²) in [5.41, 5.74) is 7.61. The van der Waals surface area contributed by atoms with Gasteiger partial charge in [-0.3, -0.25) is 10.1 Å². The van der Waals surface area contributed by atoms with Gasteiger partial charge in [-0.2, -0.15) is 5.26 Å². The molecule has 124 valence electrons. The molecule has 1 amide bonds. The number of carbonyl (C=O) groups excluding carboxylic acids is 1. The zero-order chi connectivity index (χ0) is 17.4. The van der Waals surface area contributed by atoms with Crippen molar-refractivity contribution in [3.8, 4) is 6.07 Å². The van der Waals surface area contributed by atoms with E-state index in [1.54, 1.807) is 30.5 Å². The number of nitriles is 1. The lowest BCUT2D eigenvalue weighted by molar-refractivity contribution is -0.345. The Morgan fingerprint density at radius 3 is 2.76 bits per heavy atom. The van der Waals surface area contributed by atoms with Crippen molar-refractivity contribution < 1.29 is 9.78 Å². The van der Waals surface area contributed by atoms with Crippen molar-refractivity contribution >= 4 is 34.4 Å². The maximum atomic E-state index is 11.1. The summed E-state index contributed by atoms with van der Waals surface area (Å²) in [6, 6.07) is 9.40. The van der Waals surface area contributed by atoms with Gasteiger partial charge in [0, 0.05) is 11.8 Å². The van der Waals surface area contributed by atoms with Gasteiger partial charge in [-0.25, -0.2) is 4.98 Å². The number of hydrogen-bond donors (Lipinski definition) is 4. The van der Waals surface area contributed by atoms with E-state index in [0.717, 1.165) is 29.7 Å². The Balaban J connectivity index is 1.69. The second kappa shape index (κ2) is 5.79. The van der Waals surface area contributed by atoms with Crippen molar-refractivity contribution in [2.75, 3.05) is 10.6 Å². The Morgan fingerprint density at radius 2 is 2.12 bits per heavy atom. The average molecular weight is 334 g/mol. The van der Waals surface area contributed by atoms with Gasteiger partial charge in [0.05, 0.1) is 17.3 Å². The maximum absolute atomic E-state index is 11.1. The first-order valence-corrected chi connectivity index (χ1v) is 7.92. The number of anilines is 3. The summed E-state index contributed by atoms with van der Waals surface area (Å²) in [6.45, 7) is 0. The molecule has 0 radical (unpaired) electrons.